The largest absolute Gasteiger partial charge is 0.493 e. The summed E-state index contributed by atoms with van der Waals surface area (Å²) in [7, 11) is 1.58. The van der Waals surface area contributed by atoms with Crippen molar-refractivity contribution in [2.45, 2.75) is 4.58 Å². The van der Waals surface area contributed by atoms with Crippen LogP contribution >= 0.6 is 39.5 Å². The number of benzene rings is 1. The highest BCUT2D eigenvalue weighted by atomic mass is 79.9. The van der Waals surface area contributed by atoms with Gasteiger partial charge in [-0.25, -0.2) is 4.98 Å². The van der Waals surface area contributed by atoms with Crippen LogP contribution < -0.4 is 9.47 Å². The van der Waals surface area contributed by atoms with Gasteiger partial charge in [0.05, 0.1) is 21.1 Å². The summed E-state index contributed by atoms with van der Waals surface area (Å²) >= 11 is 7.34. The molecule has 0 N–H and O–H groups in total. The molecular weight excluding hydrogens is 416 g/mol. The monoisotopic (exact) mass is 428 g/mol. The lowest BCUT2D eigenvalue weighted by Gasteiger charge is -2.15. The second kappa shape index (κ2) is 7.62. The third-order valence-corrected chi connectivity index (χ3v) is 6.98. The second-order valence-electron chi connectivity index (χ2n) is 4.82. The summed E-state index contributed by atoms with van der Waals surface area (Å²) in [5.41, 5.74) is 1.08. The van der Waals surface area contributed by atoms with E-state index in [0.717, 1.165) is 27.7 Å². The molecule has 0 saturated carbocycles. The van der Waals surface area contributed by atoms with E-state index in [4.69, 9.17) is 9.47 Å². The van der Waals surface area contributed by atoms with E-state index in [0.29, 0.717) is 16.1 Å². The number of rotatable bonds is 5. The van der Waals surface area contributed by atoms with Crippen molar-refractivity contribution in [2.75, 3.05) is 18.6 Å². The summed E-state index contributed by atoms with van der Waals surface area (Å²) in [6.45, 7) is 0. The maximum atomic E-state index is 10.7. The normalized spacial score (nSPS) is 14.6. The Morgan fingerprint density at radius 1 is 1.33 bits per heavy atom. The average Bonchev–Trinajstić information content (AvgIpc) is 3.11. The summed E-state index contributed by atoms with van der Waals surface area (Å²) < 4.78 is 12.4. The summed E-state index contributed by atoms with van der Waals surface area (Å²) in [5.74, 6) is 3.63. The minimum atomic E-state index is -0.501. The molecule has 1 aromatic carbocycles. The van der Waals surface area contributed by atoms with Crippen molar-refractivity contribution in [1.29, 1.82) is 0 Å². The van der Waals surface area contributed by atoms with Crippen molar-refractivity contribution in [3.05, 3.63) is 50.6 Å². The summed E-state index contributed by atoms with van der Waals surface area (Å²) in [4.78, 5) is 14.1. The van der Waals surface area contributed by atoms with Crippen LogP contribution in [0.3, 0.4) is 0 Å². The third-order valence-electron chi connectivity index (χ3n) is 3.28. The lowest BCUT2D eigenvalue weighted by atomic mass is 10.2. The first-order chi connectivity index (χ1) is 11.6. The zero-order valence-corrected chi connectivity index (χ0v) is 15.8. The first kappa shape index (κ1) is 17.4. The van der Waals surface area contributed by atoms with Gasteiger partial charge in [-0.15, -0.1) is 23.5 Å². The molecule has 3 rings (SSSR count). The average molecular weight is 429 g/mol. The highest BCUT2D eigenvalue weighted by molar-refractivity contribution is 9.10. The Bertz CT molecular complexity index is 752. The maximum absolute atomic E-state index is 10.7. The number of methoxy groups -OCH3 is 1. The number of pyridine rings is 1. The molecule has 0 spiro atoms. The minimum absolute atomic E-state index is 0.0842. The molecule has 1 aromatic heterocycles. The van der Waals surface area contributed by atoms with Gasteiger partial charge < -0.3 is 9.47 Å². The number of thioether (sulfide) groups is 2. The zero-order chi connectivity index (χ0) is 17.1. The number of hydrogen-bond acceptors (Lipinski definition) is 7. The van der Waals surface area contributed by atoms with Crippen LogP contribution in [0.5, 0.6) is 17.4 Å². The quantitative estimate of drug-likeness (QED) is 0.487. The Hall–Kier alpha value is -1.45. The smallest absolute Gasteiger partial charge is 0.287 e. The van der Waals surface area contributed by atoms with Crippen molar-refractivity contribution in [1.82, 2.24) is 4.98 Å². The first-order valence-corrected chi connectivity index (χ1v) is 9.86. The van der Waals surface area contributed by atoms with Crippen molar-refractivity contribution >= 4 is 45.1 Å². The number of hydrogen-bond donors (Lipinski definition) is 0. The molecule has 24 heavy (non-hydrogen) atoms. The van der Waals surface area contributed by atoms with Crippen LogP contribution in [0.2, 0.25) is 0 Å². The lowest BCUT2D eigenvalue weighted by molar-refractivity contribution is -0.385. The van der Waals surface area contributed by atoms with E-state index in [1.54, 1.807) is 7.11 Å². The van der Waals surface area contributed by atoms with E-state index in [1.165, 1.54) is 12.1 Å². The zero-order valence-electron chi connectivity index (χ0n) is 12.6. The van der Waals surface area contributed by atoms with Crippen LogP contribution in [0.4, 0.5) is 5.69 Å². The molecule has 0 bridgehead atoms. The summed E-state index contributed by atoms with van der Waals surface area (Å²) in [5, 5.41) is 10.7. The van der Waals surface area contributed by atoms with E-state index in [9.17, 15) is 10.1 Å². The van der Waals surface area contributed by atoms with Gasteiger partial charge in [-0.05, 0) is 33.6 Å². The molecule has 1 aliphatic rings. The van der Waals surface area contributed by atoms with Gasteiger partial charge in [0, 0.05) is 23.6 Å². The van der Waals surface area contributed by atoms with Crippen molar-refractivity contribution in [2.24, 2.45) is 0 Å². The predicted octanol–water partition coefficient (Wildman–Crippen LogP) is 5.03. The third kappa shape index (κ3) is 3.79. The lowest BCUT2D eigenvalue weighted by Crippen LogP contribution is -1.96. The van der Waals surface area contributed by atoms with Crippen LogP contribution in [-0.2, 0) is 0 Å². The highest BCUT2D eigenvalue weighted by Crippen LogP contribution is 2.49. The van der Waals surface area contributed by atoms with E-state index in [-0.39, 0.29) is 11.6 Å². The molecule has 0 aliphatic carbocycles. The van der Waals surface area contributed by atoms with E-state index in [1.807, 2.05) is 35.7 Å². The Labute approximate surface area is 155 Å². The SMILES string of the molecule is COc1cc(C2SCCS2)cc(Br)c1Oc1ccc([N+](=O)[O-])cn1. The standard InChI is InChI=1S/C15H13BrN2O4S2/c1-21-12-7-9(15-23-4-5-24-15)6-11(16)14(12)22-13-3-2-10(8-17-13)18(19)20/h2-3,6-8,15H,4-5H2,1H3. The van der Waals surface area contributed by atoms with E-state index >= 15 is 0 Å². The summed E-state index contributed by atoms with van der Waals surface area (Å²) in [6, 6.07) is 6.78. The Balaban J connectivity index is 1.87. The number of halogens is 1. The fourth-order valence-corrected chi connectivity index (χ4v) is 5.53. The van der Waals surface area contributed by atoms with Gasteiger partial charge in [0.25, 0.3) is 5.69 Å². The molecule has 2 heterocycles. The molecule has 9 heteroatoms. The molecule has 1 saturated heterocycles. The predicted molar refractivity (Wildman–Crippen MR) is 99.3 cm³/mol. The molecule has 0 radical (unpaired) electrons. The number of nitro groups is 1. The summed E-state index contributed by atoms with van der Waals surface area (Å²) in [6.07, 6.45) is 1.16. The van der Waals surface area contributed by atoms with Gasteiger partial charge in [-0.3, -0.25) is 10.1 Å². The molecule has 1 aliphatic heterocycles. The van der Waals surface area contributed by atoms with Crippen LogP contribution in [0, 0.1) is 10.1 Å². The van der Waals surface area contributed by atoms with Crippen LogP contribution in [0.25, 0.3) is 0 Å². The van der Waals surface area contributed by atoms with Crippen molar-refractivity contribution in [3.63, 3.8) is 0 Å². The Kier molecular flexibility index (Phi) is 5.52. The van der Waals surface area contributed by atoms with E-state index < -0.39 is 4.92 Å². The van der Waals surface area contributed by atoms with E-state index in [2.05, 4.69) is 20.9 Å². The Morgan fingerprint density at radius 3 is 2.67 bits per heavy atom. The number of ether oxygens (including phenoxy) is 2. The van der Waals surface area contributed by atoms with Crippen LogP contribution in [0.15, 0.2) is 34.9 Å². The minimum Gasteiger partial charge on any atom is -0.493 e. The van der Waals surface area contributed by atoms with Crippen LogP contribution in [0.1, 0.15) is 10.1 Å². The van der Waals surface area contributed by atoms with Gasteiger partial charge in [0.1, 0.15) is 6.20 Å². The van der Waals surface area contributed by atoms with Crippen molar-refractivity contribution in [3.8, 4) is 17.4 Å². The first-order valence-electron chi connectivity index (χ1n) is 6.97. The molecule has 0 atom stereocenters. The maximum Gasteiger partial charge on any atom is 0.287 e. The topological polar surface area (TPSA) is 74.5 Å². The molecule has 6 nitrogen and oxygen atoms in total. The molecule has 126 valence electrons. The number of aromatic nitrogens is 1. The highest BCUT2D eigenvalue weighted by Gasteiger charge is 2.22. The molecule has 0 unspecified atom stereocenters. The van der Waals surface area contributed by atoms with Crippen LogP contribution in [-0.4, -0.2) is 28.5 Å². The molecule has 1 fully saturated rings. The van der Waals surface area contributed by atoms with Gasteiger partial charge >= 0.3 is 0 Å². The fraction of sp³-hybridized carbons (Fsp3) is 0.267. The Morgan fingerprint density at radius 2 is 2.08 bits per heavy atom. The molecule has 2 aromatic rings. The molecular formula is C15H13BrN2O4S2. The van der Waals surface area contributed by atoms with Gasteiger partial charge in [-0.2, -0.15) is 0 Å². The molecule has 0 amide bonds. The number of nitrogens with zero attached hydrogens (tertiary/aromatic N) is 2. The van der Waals surface area contributed by atoms with Gasteiger partial charge in [0.15, 0.2) is 11.5 Å². The van der Waals surface area contributed by atoms with Gasteiger partial charge in [0.2, 0.25) is 5.88 Å². The van der Waals surface area contributed by atoms with Crippen molar-refractivity contribution < 1.29 is 14.4 Å². The fourth-order valence-electron chi connectivity index (χ4n) is 2.17. The van der Waals surface area contributed by atoms with Gasteiger partial charge in [-0.1, -0.05) is 0 Å². The second-order valence-corrected chi connectivity index (χ2v) is 8.40.